The third-order valence-electron chi connectivity index (χ3n) is 1.86. The van der Waals surface area contributed by atoms with Gasteiger partial charge < -0.3 is 5.32 Å². The number of carbonyl (C=O) groups is 2. The summed E-state index contributed by atoms with van der Waals surface area (Å²) >= 11 is 5.00. The largest absolute Gasteiger partial charge is 0.316 e. The van der Waals surface area contributed by atoms with E-state index in [0.717, 1.165) is 19.5 Å². The van der Waals surface area contributed by atoms with Gasteiger partial charge in [0.25, 0.3) is 5.24 Å². The maximum Gasteiger partial charge on any atom is 0.288 e. The fraction of sp³-hybridized carbons (Fsp3) is 0.714. The highest BCUT2D eigenvalue weighted by atomic mass is 35.5. The van der Waals surface area contributed by atoms with Gasteiger partial charge in [0.2, 0.25) is 5.78 Å². The molecule has 1 rings (SSSR count). The van der Waals surface area contributed by atoms with Crippen molar-refractivity contribution in [1.82, 2.24) is 5.32 Å². The Bertz CT molecular complexity index is 175. The molecule has 1 aliphatic heterocycles. The number of rotatable bonds is 3. The normalized spacial score (nSPS) is 23.5. The molecule has 0 radical (unpaired) electrons. The quantitative estimate of drug-likeness (QED) is 0.497. The zero-order chi connectivity index (χ0) is 8.27. The second-order valence-corrected chi connectivity index (χ2v) is 3.10. The van der Waals surface area contributed by atoms with Crippen molar-refractivity contribution in [2.24, 2.45) is 5.92 Å². The van der Waals surface area contributed by atoms with Crippen molar-refractivity contribution in [1.29, 1.82) is 0 Å². The first-order chi connectivity index (χ1) is 5.20. The molecule has 4 heteroatoms. The number of carbonyl (C=O) groups excluding carboxylic acids is 2. The van der Waals surface area contributed by atoms with Gasteiger partial charge in [0, 0.05) is 6.42 Å². The molecule has 1 saturated heterocycles. The number of halogens is 1. The Morgan fingerprint density at radius 1 is 1.55 bits per heavy atom. The molecule has 0 spiro atoms. The van der Waals surface area contributed by atoms with Gasteiger partial charge in [0.15, 0.2) is 0 Å². The van der Waals surface area contributed by atoms with Crippen LogP contribution >= 0.6 is 11.6 Å². The van der Waals surface area contributed by atoms with Crippen LogP contribution in [-0.4, -0.2) is 24.1 Å². The highest BCUT2D eigenvalue weighted by Gasteiger charge is 2.20. The summed E-state index contributed by atoms with van der Waals surface area (Å²) in [4.78, 5) is 21.1. The Morgan fingerprint density at radius 2 is 2.27 bits per heavy atom. The van der Waals surface area contributed by atoms with Gasteiger partial charge in [-0.2, -0.15) is 0 Å². The molecule has 11 heavy (non-hydrogen) atoms. The van der Waals surface area contributed by atoms with E-state index in [1.165, 1.54) is 0 Å². The summed E-state index contributed by atoms with van der Waals surface area (Å²) in [6.07, 6.45) is 1.27. The zero-order valence-electron chi connectivity index (χ0n) is 6.10. The number of Topliss-reactive ketones (excluding diaryl/α,β-unsaturated/α-hetero) is 1. The van der Waals surface area contributed by atoms with Crippen molar-refractivity contribution in [3.8, 4) is 0 Å². The topological polar surface area (TPSA) is 46.2 Å². The van der Waals surface area contributed by atoms with Gasteiger partial charge >= 0.3 is 0 Å². The predicted molar refractivity (Wildman–Crippen MR) is 41.5 cm³/mol. The van der Waals surface area contributed by atoms with E-state index in [2.05, 4.69) is 5.32 Å². The van der Waals surface area contributed by atoms with E-state index >= 15 is 0 Å². The van der Waals surface area contributed by atoms with Crippen molar-refractivity contribution in [3.63, 3.8) is 0 Å². The average Bonchev–Trinajstić information content (AvgIpc) is 2.39. The van der Waals surface area contributed by atoms with E-state index < -0.39 is 11.0 Å². The second-order valence-electron chi connectivity index (χ2n) is 2.76. The standard InChI is InChI=1S/C7H10ClNO2/c8-7(11)6(10)3-5-1-2-9-4-5/h5,9H,1-4H2. The summed E-state index contributed by atoms with van der Waals surface area (Å²) < 4.78 is 0. The van der Waals surface area contributed by atoms with Gasteiger partial charge in [-0.25, -0.2) is 0 Å². The van der Waals surface area contributed by atoms with Crippen LogP contribution in [0.4, 0.5) is 0 Å². The first-order valence-corrected chi connectivity index (χ1v) is 4.01. The van der Waals surface area contributed by atoms with Gasteiger partial charge in [-0.05, 0) is 37.0 Å². The number of ketones is 1. The van der Waals surface area contributed by atoms with Crippen molar-refractivity contribution in [3.05, 3.63) is 0 Å². The lowest BCUT2D eigenvalue weighted by Gasteiger charge is -2.02. The minimum absolute atomic E-state index is 0.301. The van der Waals surface area contributed by atoms with Crippen LogP contribution in [0.25, 0.3) is 0 Å². The summed E-state index contributed by atoms with van der Waals surface area (Å²) in [6, 6.07) is 0. The number of nitrogens with one attached hydrogen (secondary N) is 1. The highest BCUT2D eigenvalue weighted by Crippen LogP contribution is 2.12. The molecule has 0 saturated carbocycles. The minimum Gasteiger partial charge on any atom is -0.316 e. The molecule has 1 fully saturated rings. The van der Waals surface area contributed by atoms with Crippen molar-refractivity contribution >= 4 is 22.6 Å². The van der Waals surface area contributed by atoms with Gasteiger partial charge in [-0.1, -0.05) is 0 Å². The van der Waals surface area contributed by atoms with Crippen LogP contribution in [0, 0.1) is 5.92 Å². The Hall–Kier alpha value is -0.410. The van der Waals surface area contributed by atoms with E-state index in [1.807, 2.05) is 0 Å². The summed E-state index contributed by atoms with van der Waals surface area (Å²) in [5.41, 5.74) is 0. The molecule has 3 nitrogen and oxygen atoms in total. The summed E-state index contributed by atoms with van der Waals surface area (Å²) in [5, 5.41) is 2.27. The molecular formula is C7H10ClNO2. The molecule has 0 amide bonds. The van der Waals surface area contributed by atoms with Gasteiger partial charge in [0.05, 0.1) is 0 Å². The van der Waals surface area contributed by atoms with Gasteiger partial charge in [-0.3, -0.25) is 9.59 Å². The fourth-order valence-electron chi connectivity index (χ4n) is 1.23. The maximum absolute atomic E-state index is 10.8. The Morgan fingerprint density at radius 3 is 2.73 bits per heavy atom. The Balaban J connectivity index is 2.29. The first-order valence-electron chi connectivity index (χ1n) is 3.63. The van der Waals surface area contributed by atoms with Crippen LogP contribution in [0.5, 0.6) is 0 Å². The lowest BCUT2D eigenvalue weighted by Crippen LogP contribution is -2.15. The van der Waals surface area contributed by atoms with E-state index in [9.17, 15) is 9.59 Å². The van der Waals surface area contributed by atoms with Crippen LogP contribution < -0.4 is 5.32 Å². The molecule has 62 valence electrons. The van der Waals surface area contributed by atoms with Crippen LogP contribution in [0.2, 0.25) is 0 Å². The monoisotopic (exact) mass is 175 g/mol. The third-order valence-corrected chi connectivity index (χ3v) is 2.07. The second kappa shape index (κ2) is 3.83. The molecular weight excluding hydrogens is 166 g/mol. The van der Waals surface area contributed by atoms with Crippen LogP contribution in [0.3, 0.4) is 0 Å². The zero-order valence-corrected chi connectivity index (χ0v) is 6.86. The number of hydrogen-bond donors (Lipinski definition) is 1. The molecule has 0 bridgehead atoms. The van der Waals surface area contributed by atoms with Crippen LogP contribution in [0.1, 0.15) is 12.8 Å². The van der Waals surface area contributed by atoms with Crippen molar-refractivity contribution in [2.45, 2.75) is 12.8 Å². The summed E-state index contributed by atoms with van der Waals surface area (Å²) in [7, 11) is 0. The predicted octanol–water partition coefficient (Wildman–Crippen LogP) is 0.321. The van der Waals surface area contributed by atoms with Crippen molar-refractivity contribution in [2.75, 3.05) is 13.1 Å². The summed E-state index contributed by atoms with van der Waals surface area (Å²) in [5.74, 6) is -0.148. The fourth-order valence-corrected chi connectivity index (χ4v) is 1.31. The van der Waals surface area contributed by atoms with Crippen LogP contribution in [-0.2, 0) is 9.59 Å². The molecule has 1 aliphatic rings. The summed E-state index contributed by atoms with van der Waals surface area (Å²) in [6.45, 7) is 1.77. The molecule has 0 aromatic rings. The lowest BCUT2D eigenvalue weighted by atomic mass is 10.0. The number of hydrogen-bond acceptors (Lipinski definition) is 3. The van der Waals surface area contributed by atoms with Crippen LogP contribution in [0.15, 0.2) is 0 Å². The van der Waals surface area contributed by atoms with Gasteiger partial charge in [0.1, 0.15) is 0 Å². The Labute approximate surface area is 70.1 Å². The van der Waals surface area contributed by atoms with Gasteiger partial charge in [-0.15, -0.1) is 0 Å². The third kappa shape index (κ3) is 2.60. The van der Waals surface area contributed by atoms with E-state index in [-0.39, 0.29) is 0 Å². The maximum atomic E-state index is 10.8. The smallest absolute Gasteiger partial charge is 0.288 e. The SMILES string of the molecule is O=C(Cl)C(=O)CC1CCNC1. The molecule has 0 aromatic carbocycles. The average molecular weight is 176 g/mol. The minimum atomic E-state index is -0.836. The van der Waals surface area contributed by atoms with E-state index in [4.69, 9.17) is 11.6 Å². The lowest BCUT2D eigenvalue weighted by molar-refractivity contribution is -0.132. The van der Waals surface area contributed by atoms with E-state index in [0.29, 0.717) is 12.3 Å². The molecule has 1 atom stereocenters. The van der Waals surface area contributed by atoms with E-state index in [1.54, 1.807) is 0 Å². The Kier molecular flexibility index (Phi) is 3.02. The van der Waals surface area contributed by atoms with Crippen molar-refractivity contribution < 1.29 is 9.59 Å². The molecule has 0 aliphatic carbocycles. The molecule has 1 heterocycles. The first kappa shape index (κ1) is 8.68. The molecule has 1 N–H and O–H groups in total. The highest BCUT2D eigenvalue weighted by molar-refractivity contribution is 6.81. The molecule has 0 aromatic heterocycles. The molecule has 1 unspecified atom stereocenters.